The summed E-state index contributed by atoms with van der Waals surface area (Å²) in [5.74, 6) is -0.287. The minimum atomic E-state index is -3.81. The van der Waals surface area contributed by atoms with E-state index in [0.29, 0.717) is 5.02 Å². The second-order valence-electron chi connectivity index (χ2n) is 6.56. The Morgan fingerprint density at radius 3 is 2.50 bits per heavy atom. The van der Waals surface area contributed by atoms with Gasteiger partial charge in [0.1, 0.15) is 0 Å². The number of amides is 1. The van der Waals surface area contributed by atoms with Gasteiger partial charge < -0.3 is 5.32 Å². The Hall–Kier alpha value is -1.89. The van der Waals surface area contributed by atoms with Gasteiger partial charge in [-0.1, -0.05) is 41.4 Å². The van der Waals surface area contributed by atoms with Crippen molar-refractivity contribution in [3.05, 3.63) is 64.7 Å². The number of hydrogen-bond acceptors (Lipinski definition) is 3. The van der Waals surface area contributed by atoms with Crippen molar-refractivity contribution in [2.45, 2.75) is 37.2 Å². The van der Waals surface area contributed by atoms with Crippen molar-refractivity contribution in [1.82, 2.24) is 9.62 Å². The van der Waals surface area contributed by atoms with E-state index in [1.807, 2.05) is 6.92 Å². The van der Waals surface area contributed by atoms with E-state index in [0.717, 1.165) is 24.0 Å². The summed E-state index contributed by atoms with van der Waals surface area (Å²) >= 11 is 6.01. The molecule has 3 rings (SSSR count). The molecule has 0 unspecified atom stereocenters. The quantitative estimate of drug-likeness (QED) is 0.787. The second kappa shape index (κ2) is 7.78. The summed E-state index contributed by atoms with van der Waals surface area (Å²) in [5, 5.41) is 3.37. The molecule has 0 bridgehead atoms. The molecule has 0 saturated heterocycles. The van der Waals surface area contributed by atoms with Gasteiger partial charge in [0.2, 0.25) is 15.9 Å². The summed E-state index contributed by atoms with van der Waals surface area (Å²) in [5.41, 5.74) is 1.70. The monoisotopic (exact) mass is 392 g/mol. The zero-order valence-corrected chi connectivity index (χ0v) is 16.1. The SMILES string of the molecule is Cc1ccc(S(=O)(=O)N(CC(=O)NC2CC2)Cc2cccc(Cl)c2)cc1. The molecule has 0 atom stereocenters. The van der Waals surface area contributed by atoms with Crippen LogP contribution in [0.25, 0.3) is 0 Å². The maximum absolute atomic E-state index is 13.1. The van der Waals surface area contributed by atoms with Crippen LogP contribution in [0.5, 0.6) is 0 Å². The maximum Gasteiger partial charge on any atom is 0.243 e. The number of sulfonamides is 1. The lowest BCUT2D eigenvalue weighted by molar-refractivity contribution is -0.121. The molecule has 0 spiro atoms. The predicted molar refractivity (Wildman–Crippen MR) is 101 cm³/mol. The van der Waals surface area contributed by atoms with E-state index in [1.165, 1.54) is 4.31 Å². The van der Waals surface area contributed by atoms with Gasteiger partial charge in [0.15, 0.2) is 0 Å². The summed E-state index contributed by atoms with van der Waals surface area (Å²) in [7, 11) is -3.81. The number of carbonyl (C=O) groups excluding carboxylic acids is 1. The third-order valence-electron chi connectivity index (χ3n) is 4.17. The van der Waals surface area contributed by atoms with Gasteiger partial charge in [0.25, 0.3) is 0 Å². The Morgan fingerprint density at radius 1 is 1.19 bits per heavy atom. The van der Waals surface area contributed by atoms with Gasteiger partial charge in [0.05, 0.1) is 11.4 Å². The number of benzene rings is 2. The van der Waals surface area contributed by atoms with Crippen molar-refractivity contribution >= 4 is 27.5 Å². The molecule has 0 radical (unpaired) electrons. The topological polar surface area (TPSA) is 66.5 Å². The van der Waals surface area contributed by atoms with Gasteiger partial charge in [-0.3, -0.25) is 4.79 Å². The molecule has 0 aliphatic heterocycles. The highest BCUT2D eigenvalue weighted by molar-refractivity contribution is 7.89. The molecule has 7 heteroatoms. The molecule has 0 aromatic heterocycles. The molecule has 26 heavy (non-hydrogen) atoms. The molecule has 5 nitrogen and oxygen atoms in total. The van der Waals surface area contributed by atoms with Gasteiger partial charge in [-0.05, 0) is 49.6 Å². The van der Waals surface area contributed by atoms with Crippen LogP contribution >= 0.6 is 11.6 Å². The van der Waals surface area contributed by atoms with E-state index in [1.54, 1.807) is 48.5 Å². The number of carbonyl (C=O) groups is 1. The van der Waals surface area contributed by atoms with E-state index in [-0.39, 0.29) is 29.9 Å². The third kappa shape index (κ3) is 4.84. The highest BCUT2D eigenvalue weighted by atomic mass is 35.5. The molecule has 1 aliphatic rings. The zero-order valence-electron chi connectivity index (χ0n) is 14.5. The lowest BCUT2D eigenvalue weighted by Crippen LogP contribution is -2.41. The average molecular weight is 393 g/mol. The standard InChI is InChI=1S/C19H21ClN2O3S/c1-14-5-9-18(10-6-14)26(24,25)22(13-19(23)21-17-7-8-17)12-15-3-2-4-16(20)11-15/h2-6,9-11,17H,7-8,12-13H2,1H3,(H,21,23). The largest absolute Gasteiger partial charge is 0.352 e. The first-order valence-corrected chi connectivity index (χ1v) is 10.3. The molecular weight excluding hydrogens is 372 g/mol. The predicted octanol–water partition coefficient (Wildman–Crippen LogP) is 3.12. The fourth-order valence-electron chi connectivity index (χ4n) is 2.59. The number of nitrogens with one attached hydrogen (secondary N) is 1. The van der Waals surface area contributed by atoms with Crippen LogP contribution in [0.1, 0.15) is 24.0 Å². The van der Waals surface area contributed by atoms with Gasteiger partial charge in [-0.25, -0.2) is 8.42 Å². The molecule has 0 heterocycles. The van der Waals surface area contributed by atoms with Gasteiger partial charge in [-0.2, -0.15) is 4.31 Å². The van der Waals surface area contributed by atoms with Crippen molar-refractivity contribution in [2.24, 2.45) is 0 Å². The summed E-state index contributed by atoms with van der Waals surface area (Å²) in [6.07, 6.45) is 1.90. The Kier molecular flexibility index (Phi) is 5.65. The second-order valence-corrected chi connectivity index (χ2v) is 8.93. The number of aryl methyl sites for hydroxylation is 1. The van der Waals surface area contributed by atoms with Crippen LogP contribution in [0, 0.1) is 6.92 Å². The Morgan fingerprint density at radius 2 is 1.88 bits per heavy atom. The molecule has 2 aromatic rings. The van der Waals surface area contributed by atoms with Crippen LogP contribution < -0.4 is 5.32 Å². The van der Waals surface area contributed by atoms with Crippen LogP contribution in [0.15, 0.2) is 53.4 Å². The van der Waals surface area contributed by atoms with Crippen molar-refractivity contribution < 1.29 is 13.2 Å². The molecule has 1 amide bonds. The van der Waals surface area contributed by atoms with E-state index in [9.17, 15) is 13.2 Å². The lowest BCUT2D eigenvalue weighted by atomic mass is 10.2. The molecule has 1 N–H and O–H groups in total. The van der Waals surface area contributed by atoms with Crippen LogP contribution in [-0.2, 0) is 21.4 Å². The minimum absolute atomic E-state index is 0.0782. The normalized spacial score (nSPS) is 14.4. The molecule has 1 aliphatic carbocycles. The number of nitrogens with zero attached hydrogens (tertiary/aromatic N) is 1. The lowest BCUT2D eigenvalue weighted by Gasteiger charge is -2.22. The first-order valence-electron chi connectivity index (χ1n) is 8.45. The summed E-state index contributed by atoms with van der Waals surface area (Å²) in [6, 6.07) is 13.8. The van der Waals surface area contributed by atoms with E-state index < -0.39 is 10.0 Å². The van der Waals surface area contributed by atoms with Crippen LogP contribution in [0.3, 0.4) is 0 Å². The number of rotatable bonds is 7. The molecule has 1 fully saturated rings. The third-order valence-corrected chi connectivity index (χ3v) is 6.21. The first kappa shape index (κ1) is 18.9. The fourth-order valence-corrected chi connectivity index (χ4v) is 4.18. The highest BCUT2D eigenvalue weighted by Crippen LogP contribution is 2.22. The van der Waals surface area contributed by atoms with Crippen molar-refractivity contribution in [1.29, 1.82) is 0 Å². The van der Waals surface area contributed by atoms with Crippen molar-refractivity contribution in [3.63, 3.8) is 0 Å². The molecule has 1 saturated carbocycles. The van der Waals surface area contributed by atoms with Crippen molar-refractivity contribution in [3.8, 4) is 0 Å². The Bertz CT molecular complexity index is 893. The smallest absolute Gasteiger partial charge is 0.243 e. The maximum atomic E-state index is 13.1. The van der Waals surface area contributed by atoms with Gasteiger partial charge in [-0.15, -0.1) is 0 Å². The van der Waals surface area contributed by atoms with Crippen LogP contribution in [0.4, 0.5) is 0 Å². The van der Waals surface area contributed by atoms with E-state index in [2.05, 4.69) is 5.32 Å². The average Bonchev–Trinajstić information content (AvgIpc) is 3.38. The summed E-state index contributed by atoms with van der Waals surface area (Å²) < 4.78 is 27.4. The van der Waals surface area contributed by atoms with E-state index >= 15 is 0 Å². The van der Waals surface area contributed by atoms with Crippen LogP contribution in [-0.4, -0.2) is 31.2 Å². The van der Waals surface area contributed by atoms with Crippen molar-refractivity contribution in [2.75, 3.05) is 6.54 Å². The van der Waals surface area contributed by atoms with Gasteiger partial charge >= 0.3 is 0 Å². The molecule has 138 valence electrons. The zero-order chi connectivity index (χ0) is 18.7. The fraction of sp³-hybridized carbons (Fsp3) is 0.316. The summed E-state index contributed by atoms with van der Waals surface area (Å²) in [4.78, 5) is 12.4. The number of hydrogen-bond donors (Lipinski definition) is 1. The van der Waals surface area contributed by atoms with Gasteiger partial charge in [0, 0.05) is 17.6 Å². The first-order chi connectivity index (χ1) is 12.3. The Balaban J connectivity index is 1.87. The number of halogens is 1. The summed E-state index contributed by atoms with van der Waals surface area (Å²) in [6.45, 7) is 1.75. The molecule has 2 aromatic carbocycles. The Labute approximate surface area is 159 Å². The van der Waals surface area contributed by atoms with Crippen LogP contribution in [0.2, 0.25) is 5.02 Å². The molecular formula is C19H21ClN2O3S. The highest BCUT2D eigenvalue weighted by Gasteiger charge is 2.29. The minimum Gasteiger partial charge on any atom is -0.352 e. The van der Waals surface area contributed by atoms with E-state index in [4.69, 9.17) is 11.6 Å².